The van der Waals surface area contributed by atoms with Crippen LogP contribution in [0.5, 0.6) is 0 Å². The van der Waals surface area contributed by atoms with Gasteiger partial charge in [-0.1, -0.05) is 31.2 Å². The van der Waals surface area contributed by atoms with Crippen LogP contribution in [0, 0.1) is 0 Å². The van der Waals surface area contributed by atoms with Crippen molar-refractivity contribution in [2.75, 3.05) is 18.1 Å². The van der Waals surface area contributed by atoms with Crippen LogP contribution in [0.25, 0.3) is 0 Å². The van der Waals surface area contributed by atoms with Gasteiger partial charge in [0.2, 0.25) is 5.91 Å². The highest BCUT2D eigenvalue weighted by Crippen LogP contribution is 2.05. The largest absolute Gasteiger partial charge is 0.481 e. The number of aliphatic carboxylic acids is 1. The number of carboxylic acids is 1. The van der Waals surface area contributed by atoms with Crippen LogP contribution in [0.2, 0.25) is 0 Å². The van der Waals surface area contributed by atoms with Gasteiger partial charge in [-0.25, -0.2) is 0 Å². The smallest absolute Gasteiger partial charge is 0.313 e. The van der Waals surface area contributed by atoms with E-state index in [1.807, 2.05) is 24.3 Å². The first-order valence-corrected chi connectivity index (χ1v) is 7.41. The molecular formula is C14H19NO3S. The van der Waals surface area contributed by atoms with E-state index in [1.54, 1.807) is 0 Å². The number of amides is 1. The lowest BCUT2D eigenvalue weighted by Gasteiger charge is -2.05. The lowest BCUT2D eigenvalue weighted by molar-refractivity contribution is -0.133. The van der Waals surface area contributed by atoms with Gasteiger partial charge in [0.1, 0.15) is 0 Å². The van der Waals surface area contributed by atoms with E-state index in [2.05, 4.69) is 12.2 Å². The maximum atomic E-state index is 11.6. The zero-order chi connectivity index (χ0) is 14.1. The predicted molar refractivity (Wildman–Crippen MR) is 77.5 cm³/mol. The topological polar surface area (TPSA) is 66.4 Å². The summed E-state index contributed by atoms with van der Waals surface area (Å²) in [5.74, 6) is -0.159. The number of benzene rings is 1. The number of nitrogens with one attached hydrogen (secondary N) is 1. The summed E-state index contributed by atoms with van der Waals surface area (Å²) in [6, 6.07) is 8.01. The summed E-state index contributed by atoms with van der Waals surface area (Å²) in [6.45, 7) is 2.60. The number of carboxylic acid groups (broad SMARTS) is 1. The maximum absolute atomic E-state index is 11.6. The van der Waals surface area contributed by atoms with E-state index in [-0.39, 0.29) is 11.7 Å². The molecule has 0 radical (unpaired) electrons. The minimum absolute atomic E-state index is 0.0276. The van der Waals surface area contributed by atoms with E-state index in [1.165, 1.54) is 17.3 Å². The SMILES string of the molecule is CCc1ccc(CC(=O)NCCSCC(=O)O)cc1. The van der Waals surface area contributed by atoms with Crippen molar-refractivity contribution in [2.24, 2.45) is 0 Å². The Hall–Kier alpha value is -1.49. The van der Waals surface area contributed by atoms with Crippen LogP contribution >= 0.6 is 11.8 Å². The molecule has 2 N–H and O–H groups in total. The summed E-state index contributed by atoms with van der Waals surface area (Å²) in [6.07, 6.45) is 1.36. The van der Waals surface area contributed by atoms with Crippen molar-refractivity contribution >= 4 is 23.6 Å². The number of thioether (sulfide) groups is 1. The molecule has 0 aliphatic carbocycles. The molecule has 5 heteroatoms. The monoisotopic (exact) mass is 281 g/mol. The fourth-order valence-corrected chi connectivity index (χ4v) is 2.13. The molecule has 0 bridgehead atoms. The Morgan fingerprint density at radius 3 is 2.42 bits per heavy atom. The van der Waals surface area contributed by atoms with Crippen LogP contribution in [-0.2, 0) is 22.4 Å². The second-order valence-electron chi connectivity index (χ2n) is 4.14. The van der Waals surface area contributed by atoms with Crippen LogP contribution in [-0.4, -0.2) is 35.0 Å². The molecule has 1 amide bonds. The number of hydrogen-bond acceptors (Lipinski definition) is 3. The lowest BCUT2D eigenvalue weighted by atomic mass is 10.1. The molecule has 4 nitrogen and oxygen atoms in total. The Morgan fingerprint density at radius 2 is 1.84 bits per heavy atom. The first-order chi connectivity index (χ1) is 9.11. The average Bonchev–Trinajstić information content (AvgIpc) is 2.39. The van der Waals surface area contributed by atoms with Crippen molar-refractivity contribution < 1.29 is 14.7 Å². The van der Waals surface area contributed by atoms with Gasteiger partial charge >= 0.3 is 5.97 Å². The molecule has 0 unspecified atom stereocenters. The van der Waals surface area contributed by atoms with Crippen LogP contribution in [0.3, 0.4) is 0 Å². The van der Waals surface area contributed by atoms with Gasteiger partial charge in [-0.15, -0.1) is 11.8 Å². The molecule has 0 spiro atoms. The van der Waals surface area contributed by atoms with Gasteiger partial charge in [0.15, 0.2) is 0 Å². The maximum Gasteiger partial charge on any atom is 0.313 e. The molecule has 0 heterocycles. The normalized spacial score (nSPS) is 10.2. The fourth-order valence-electron chi connectivity index (χ4n) is 1.56. The lowest BCUT2D eigenvalue weighted by Crippen LogP contribution is -2.27. The predicted octanol–water partition coefficient (Wildman–Crippen LogP) is 1.73. The molecule has 0 aromatic heterocycles. The summed E-state index contributed by atoms with van der Waals surface area (Å²) in [5, 5.41) is 11.2. The van der Waals surface area contributed by atoms with Crippen LogP contribution in [0.1, 0.15) is 18.1 Å². The zero-order valence-corrected chi connectivity index (χ0v) is 11.8. The number of hydrogen-bond donors (Lipinski definition) is 2. The third-order valence-corrected chi connectivity index (χ3v) is 3.53. The highest BCUT2D eigenvalue weighted by molar-refractivity contribution is 7.99. The van der Waals surface area contributed by atoms with Gasteiger partial charge in [-0.3, -0.25) is 9.59 Å². The summed E-state index contributed by atoms with van der Waals surface area (Å²) in [7, 11) is 0. The molecule has 0 fully saturated rings. The van der Waals surface area contributed by atoms with Gasteiger partial charge in [0.25, 0.3) is 0 Å². The Balaban J connectivity index is 2.21. The third kappa shape index (κ3) is 6.86. The van der Waals surface area contributed by atoms with Gasteiger partial charge in [0, 0.05) is 12.3 Å². The first-order valence-electron chi connectivity index (χ1n) is 6.26. The molecule has 1 rings (SSSR count). The van der Waals surface area contributed by atoms with Gasteiger partial charge in [0.05, 0.1) is 12.2 Å². The number of carbonyl (C=O) groups excluding carboxylic acids is 1. The molecule has 0 aliphatic rings. The molecule has 0 saturated carbocycles. The third-order valence-electron chi connectivity index (χ3n) is 2.59. The Bertz CT molecular complexity index is 417. The number of carbonyl (C=O) groups is 2. The van der Waals surface area contributed by atoms with E-state index in [0.29, 0.717) is 18.7 Å². The fraction of sp³-hybridized carbons (Fsp3) is 0.429. The Morgan fingerprint density at radius 1 is 1.21 bits per heavy atom. The quantitative estimate of drug-likeness (QED) is 0.712. The second-order valence-corrected chi connectivity index (χ2v) is 5.25. The minimum atomic E-state index is -0.827. The van der Waals surface area contributed by atoms with E-state index in [0.717, 1.165) is 12.0 Å². The summed E-state index contributed by atoms with van der Waals surface area (Å²) < 4.78 is 0. The number of aryl methyl sites for hydroxylation is 1. The molecular weight excluding hydrogens is 262 g/mol. The standard InChI is InChI=1S/C14H19NO3S/c1-2-11-3-5-12(6-4-11)9-13(16)15-7-8-19-10-14(17)18/h3-6H,2,7-10H2,1H3,(H,15,16)(H,17,18). The van der Waals surface area contributed by atoms with Crippen molar-refractivity contribution in [3.63, 3.8) is 0 Å². The van der Waals surface area contributed by atoms with Crippen molar-refractivity contribution in [3.05, 3.63) is 35.4 Å². The van der Waals surface area contributed by atoms with E-state index < -0.39 is 5.97 Å². The molecule has 0 aliphatic heterocycles. The van der Waals surface area contributed by atoms with Gasteiger partial charge in [-0.05, 0) is 17.5 Å². The summed E-state index contributed by atoms with van der Waals surface area (Å²) >= 11 is 1.30. The van der Waals surface area contributed by atoms with Crippen molar-refractivity contribution in [1.29, 1.82) is 0 Å². The van der Waals surface area contributed by atoms with Crippen molar-refractivity contribution in [1.82, 2.24) is 5.32 Å². The minimum Gasteiger partial charge on any atom is -0.481 e. The molecule has 1 aromatic carbocycles. The average molecular weight is 281 g/mol. The Kier molecular flexibility index (Phi) is 7.03. The molecule has 104 valence electrons. The molecule has 19 heavy (non-hydrogen) atoms. The van der Waals surface area contributed by atoms with E-state index in [9.17, 15) is 9.59 Å². The van der Waals surface area contributed by atoms with Crippen LogP contribution in [0.4, 0.5) is 0 Å². The molecule has 1 aromatic rings. The van der Waals surface area contributed by atoms with Crippen molar-refractivity contribution in [2.45, 2.75) is 19.8 Å². The van der Waals surface area contributed by atoms with E-state index >= 15 is 0 Å². The highest BCUT2D eigenvalue weighted by Gasteiger charge is 2.03. The highest BCUT2D eigenvalue weighted by atomic mass is 32.2. The molecule has 0 saturated heterocycles. The van der Waals surface area contributed by atoms with Gasteiger partial charge < -0.3 is 10.4 Å². The second kappa shape index (κ2) is 8.58. The first kappa shape index (κ1) is 15.6. The van der Waals surface area contributed by atoms with Gasteiger partial charge in [-0.2, -0.15) is 0 Å². The Labute approximate surface area is 117 Å². The summed E-state index contributed by atoms with van der Waals surface area (Å²) in [4.78, 5) is 21.9. The summed E-state index contributed by atoms with van der Waals surface area (Å²) in [5.41, 5.74) is 2.25. The number of rotatable bonds is 8. The molecule has 0 atom stereocenters. The van der Waals surface area contributed by atoms with Crippen LogP contribution < -0.4 is 5.32 Å². The zero-order valence-electron chi connectivity index (χ0n) is 11.0. The van der Waals surface area contributed by atoms with Crippen molar-refractivity contribution in [3.8, 4) is 0 Å². The van der Waals surface area contributed by atoms with Crippen LogP contribution in [0.15, 0.2) is 24.3 Å². The van der Waals surface area contributed by atoms with E-state index in [4.69, 9.17) is 5.11 Å².